The molecule has 27 heavy (non-hydrogen) atoms. The lowest BCUT2D eigenvalue weighted by atomic mass is 10.2. The van der Waals surface area contributed by atoms with Crippen molar-refractivity contribution in [2.45, 2.75) is 20.8 Å². The van der Waals surface area contributed by atoms with Crippen molar-refractivity contribution in [1.29, 1.82) is 0 Å². The van der Waals surface area contributed by atoms with Crippen molar-refractivity contribution in [3.63, 3.8) is 0 Å². The molecule has 0 fully saturated rings. The van der Waals surface area contributed by atoms with Crippen LogP contribution in [0.15, 0.2) is 42.5 Å². The van der Waals surface area contributed by atoms with Gasteiger partial charge in [0.1, 0.15) is 0 Å². The maximum Gasteiger partial charge on any atom is 0.261 e. The fourth-order valence-corrected chi connectivity index (χ4v) is 4.69. The average Bonchev–Trinajstić information content (AvgIpc) is 3.08. The highest BCUT2D eigenvalue weighted by molar-refractivity contribution is 14.1. The molecule has 0 saturated heterocycles. The number of thiazole rings is 1. The lowest BCUT2D eigenvalue weighted by molar-refractivity contribution is 0.0983. The molecule has 0 saturated carbocycles. The van der Waals surface area contributed by atoms with E-state index >= 15 is 0 Å². The summed E-state index contributed by atoms with van der Waals surface area (Å²) < 4.78 is 2.08. The van der Waals surface area contributed by atoms with Crippen LogP contribution in [0.25, 0.3) is 10.2 Å². The van der Waals surface area contributed by atoms with Crippen LogP contribution in [0.2, 0.25) is 0 Å². The third-order valence-electron chi connectivity index (χ3n) is 4.65. The zero-order chi connectivity index (χ0) is 19.4. The Morgan fingerprint density at radius 2 is 1.85 bits per heavy atom. The third kappa shape index (κ3) is 4.67. The second-order valence-electron chi connectivity index (χ2n) is 6.43. The Hall–Kier alpha value is -1.51. The topological polar surface area (TPSA) is 36.4 Å². The molecule has 6 heteroatoms. The van der Waals surface area contributed by atoms with Gasteiger partial charge in [0.25, 0.3) is 5.91 Å². The summed E-state index contributed by atoms with van der Waals surface area (Å²) in [6.45, 7) is 9.78. The summed E-state index contributed by atoms with van der Waals surface area (Å²) in [5.74, 6) is 0.0166. The van der Waals surface area contributed by atoms with Crippen LogP contribution in [0.5, 0.6) is 0 Å². The van der Waals surface area contributed by atoms with Crippen molar-refractivity contribution in [3.05, 3.63) is 57.2 Å². The smallest absolute Gasteiger partial charge is 0.261 e. The first-order chi connectivity index (χ1) is 13.0. The highest BCUT2D eigenvalue weighted by atomic mass is 127. The number of carbonyl (C=O) groups is 1. The molecule has 1 aromatic heterocycles. The number of benzene rings is 2. The van der Waals surface area contributed by atoms with Crippen LogP contribution < -0.4 is 4.90 Å². The molecule has 0 aliphatic carbocycles. The number of rotatable bonds is 7. The van der Waals surface area contributed by atoms with E-state index in [0.29, 0.717) is 6.54 Å². The molecular weight excluding hydrogens is 469 g/mol. The minimum atomic E-state index is 0.0166. The van der Waals surface area contributed by atoms with E-state index in [1.54, 1.807) is 11.3 Å². The molecule has 2 aromatic carbocycles. The molecule has 142 valence electrons. The molecule has 0 aliphatic heterocycles. The summed E-state index contributed by atoms with van der Waals surface area (Å²) >= 11 is 3.82. The highest BCUT2D eigenvalue weighted by Gasteiger charge is 2.23. The monoisotopic (exact) mass is 493 g/mol. The Morgan fingerprint density at radius 3 is 2.56 bits per heavy atom. The van der Waals surface area contributed by atoms with Crippen LogP contribution in [0.3, 0.4) is 0 Å². The number of likely N-dealkylation sites (N-methyl/N-ethyl adjacent to an activating group) is 1. The van der Waals surface area contributed by atoms with Crippen molar-refractivity contribution in [2.75, 3.05) is 31.1 Å². The van der Waals surface area contributed by atoms with Crippen LogP contribution in [0.4, 0.5) is 5.13 Å². The normalized spacial score (nSPS) is 11.3. The van der Waals surface area contributed by atoms with Gasteiger partial charge in [-0.1, -0.05) is 43.4 Å². The van der Waals surface area contributed by atoms with Gasteiger partial charge in [0.15, 0.2) is 5.13 Å². The maximum absolute atomic E-state index is 13.4. The Kier molecular flexibility index (Phi) is 6.83. The zero-order valence-corrected chi connectivity index (χ0v) is 18.9. The van der Waals surface area contributed by atoms with E-state index < -0.39 is 0 Å². The second-order valence-corrected chi connectivity index (χ2v) is 8.60. The van der Waals surface area contributed by atoms with Gasteiger partial charge < -0.3 is 4.90 Å². The van der Waals surface area contributed by atoms with E-state index in [2.05, 4.69) is 60.4 Å². The van der Waals surface area contributed by atoms with Gasteiger partial charge in [-0.25, -0.2) is 4.98 Å². The number of amides is 1. The van der Waals surface area contributed by atoms with Crippen LogP contribution in [0, 0.1) is 10.5 Å². The van der Waals surface area contributed by atoms with Crippen molar-refractivity contribution in [3.8, 4) is 0 Å². The summed E-state index contributed by atoms with van der Waals surface area (Å²) in [6, 6.07) is 14.0. The number of hydrogen-bond donors (Lipinski definition) is 0. The van der Waals surface area contributed by atoms with E-state index in [9.17, 15) is 4.79 Å². The first kappa shape index (κ1) is 20.2. The molecule has 0 atom stereocenters. The predicted molar refractivity (Wildman–Crippen MR) is 123 cm³/mol. The number of aromatic nitrogens is 1. The van der Waals surface area contributed by atoms with E-state index in [1.165, 1.54) is 5.56 Å². The average molecular weight is 493 g/mol. The quantitative estimate of drug-likeness (QED) is 0.425. The van der Waals surface area contributed by atoms with Crippen LogP contribution in [-0.2, 0) is 0 Å². The minimum Gasteiger partial charge on any atom is -0.302 e. The Labute approximate surface area is 178 Å². The van der Waals surface area contributed by atoms with E-state index in [1.807, 2.05) is 35.2 Å². The van der Waals surface area contributed by atoms with Gasteiger partial charge in [-0.15, -0.1) is 0 Å². The fourth-order valence-electron chi connectivity index (χ4n) is 2.98. The first-order valence-electron chi connectivity index (χ1n) is 9.19. The summed E-state index contributed by atoms with van der Waals surface area (Å²) in [7, 11) is 0. The van der Waals surface area contributed by atoms with E-state index in [0.717, 1.165) is 44.1 Å². The van der Waals surface area contributed by atoms with E-state index in [-0.39, 0.29) is 5.91 Å². The van der Waals surface area contributed by atoms with Gasteiger partial charge >= 0.3 is 0 Å². The summed E-state index contributed by atoms with van der Waals surface area (Å²) in [4.78, 5) is 22.3. The zero-order valence-electron chi connectivity index (χ0n) is 15.9. The number of anilines is 1. The maximum atomic E-state index is 13.4. The van der Waals surface area contributed by atoms with Gasteiger partial charge in [-0.05, 0) is 72.4 Å². The van der Waals surface area contributed by atoms with Crippen molar-refractivity contribution >= 4 is 55.2 Å². The van der Waals surface area contributed by atoms with Gasteiger partial charge in [0.05, 0.1) is 15.8 Å². The van der Waals surface area contributed by atoms with E-state index in [4.69, 9.17) is 4.98 Å². The number of fused-ring (bicyclic) bond motifs is 1. The lowest BCUT2D eigenvalue weighted by Crippen LogP contribution is -2.39. The molecule has 0 N–H and O–H groups in total. The van der Waals surface area contributed by atoms with Crippen LogP contribution in [-0.4, -0.2) is 42.0 Å². The summed E-state index contributed by atoms with van der Waals surface area (Å²) in [5, 5.41) is 0.771. The molecule has 0 radical (unpaired) electrons. The molecule has 0 unspecified atom stereocenters. The van der Waals surface area contributed by atoms with Gasteiger partial charge in [-0.3, -0.25) is 9.69 Å². The minimum absolute atomic E-state index is 0.0166. The highest BCUT2D eigenvalue weighted by Crippen LogP contribution is 2.31. The molecular formula is C21H24IN3OS. The summed E-state index contributed by atoms with van der Waals surface area (Å²) in [5.41, 5.74) is 2.88. The number of halogens is 1. The molecule has 1 amide bonds. The molecule has 0 aliphatic rings. The van der Waals surface area contributed by atoms with Crippen molar-refractivity contribution < 1.29 is 4.79 Å². The number of nitrogens with zero attached hydrogens (tertiary/aromatic N) is 3. The van der Waals surface area contributed by atoms with Crippen LogP contribution in [0.1, 0.15) is 29.8 Å². The first-order valence-corrected chi connectivity index (χ1v) is 11.1. The Balaban J connectivity index is 1.97. The van der Waals surface area contributed by atoms with Gasteiger partial charge in [0.2, 0.25) is 0 Å². The SMILES string of the molecule is CCN(CC)CCN(C(=O)c1ccccc1I)c1nc2ccc(C)cc2s1. The molecule has 3 aromatic rings. The number of aryl methyl sites for hydroxylation is 1. The Bertz CT molecular complexity index is 936. The van der Waals surface area contributed by atoms with Gasteiger partial charge in [0, 0.05) is 16.7 Å². The number of hydrogen-bond acceptors (Lipinski definition) is 4. The molecule has 0 spiro atoms. The molecule has 0 bridgehead atoms. The predicted octanol–water partition coefficient (Wildman–Crippen LogP) is 5.20. The molecule has 3 rings (SSSR count). The Morgan fingerprint density at radius 1 is 1.11 bits per heavy atom. The van der Waals surface area contributed by atoms with Crippen LogP contribution >= 0.6 is 33.9 Å². The van der Waals surface area contributed by atoms with Crippen molar-refractivity contribution in [1.82, 2.24) is 9.88 Å². The van der Waals surface area contributed by atoms with Crippen molar-refractivity contribution in [2.24, 2.45) is 0 Å². The van der Waals surface area contributed by atoms with Gasteiger partial charge in [-0.2, -0.15) is 0 Å². The lowest BCUT2D eigenvalue weighted by Gasteiger charge is -2.25. The standard InChI is InChI=1S/C21H24IN3OS/c1-4-24(5-2)12-13-25(20(26)16-8-6-7-9-17(16)22)21-23-18-11-10-15(3)14-19(18)27-21/h6-11,14H,4-5,12-13H2,1-3H3. The second kappa shape index (κ2) is 9.12. The summed E-state index contributed by atoms with van der Waals surface area (Å²) in [6.07, 6.45) is 0. The fraction of sp³-hybridized carbons (Fsp3) is 0.333. The molecule has 4 nitrogen and oxygen atoms in total. The number of carbonyl (C=O) groups excluding carboxylic acids is 1. The largest absolute Gasteiger partial charge is 0.302 e. The molecule has 1 heterocycles. The third-order valence-corrected chi connectivity index (χ3v) is 6.63.